The molecule has 2 nitrogen and oxygen atoms in total. The van der Waals surface area contributed by atoms with Gasteiger partial charge in [-0.05, 0) is 24.7 Å². The van der Waals surface area contributed by atoms with Crippen LogP contribution in [0.5, 0.6) is 0 Å². The first-order chi connectivity index (χ1) is 7.18. The monoisotopic (exact) mass is 224 g/mol. The summed E-state index contributed by atoms with van der Waals surface area (Å²) in [6.07, 6.45) is 1.03. The summed E-state index contributed by atoms with van der Waals surface area (Å²) in [5.41, 5.74) is 2.59. The Morgan fingerprint density at radius 2 is 2.27 bits per heavy atom. The lowest BCUT2D eigenvalue weighted by Gasteiger charge is -2.02. The molecule has 1 N–H and O–H groups in total. The van der Waals surface area contributed by atoms with Gasteiger partial charge in [0.15, 0.2) is 0 Å². The summed E-state index contributed by atoms with van der Waals surface area (Å²) in [7, 11) is 0. The van der Waals surface area contributed by atoms with Gasteiger partial charge in [0.2, 0.25) is 0 Å². The third-order valence-electron chi connectivity index (χ3n) is 2.03. The maximum absolute atomic E-state index is 10.3. The fourth-order valence-electron chi connectivity index (χ4n) is 1.32. The molecule has 0 aliphatic heterocycles. The van der Waals surface area contributed by atoms with E-state index in [1.54, 1.807) is 11.8 Å². The molecule has 0 spiro atoms. The highest BCUT2D eigenvalue weighted by molar-refractivity contribution is 7.98. The van der Waals surface area contributed by atoms with Crippen LogP contribution in [0, 0.1) is 6.92 Å². The van der Waals surface area contributed by atoms with Gasteiger partial charge in [-0.25, -0.2) is 0 Å². The molecule has 0 radical (unpaired) electrons. The van der Waals surface area contributed by atoms with Crippen molar-refractivity contribution in [2.24, 2.45) is 0 Å². The number of carboxylic acids is 1. The van der Waals surface area contributed by atoms with Crippen molar-refractivity contribution in [3.8, 4) is 0 Å². The molecule has 0 bridgehead atoms. The Morgan fingerprint density at radius 1 is 1.47 bits per heavy atom. The Morgan fingerprint density at radius 3 is 2.93 bits per heavy atom. The standard InChI is InChI=1S/C12H16O2S/c1-10-4-2-5-11(8-10)9-15-7-3-6-12(13)14/h2,4-5,8H,3,6-7,9H2,1H3,(H,13,14). The summed E-state index contributed by atoms with van der Waals surface area (Å²) in [5.74, 6) is 1.19. The number of carboxylic acid groups (broad SMARTS) is 1. The third-order valence-corrected chi connectivity index (χ3v) is 3.15. The fourth-order valence-corrected chi connectivity index (χ4v) is 2.23. The van der Waals surface area contributed by atoms with Crippen LogP contribution >= 0.6 is 11.8 Å². The minimum Gasteiger partial charge on any atom is -0.481 e. The number of aliphatic carboxylic acids is 1. The van der Waals surface area contributed by atoms with Gasteiger partial charge in [0.1, 0.15) is 0 Å². The van der Waals surface area contributed by atoms with E-state index in [-0.39, 0.29) is 6.42 Å². The number of hydrogen-bond donors (Lipinski definition) is 1. The number of rotatable bonds is 6. The second-order valence-corrected chi connectivity index (χ2v) is 4.64. The molecule has 0 aliphatic carbocycles. The van der Waals surface area contributed by atoms with Gasteiger partial charge in [0, 0.05) is 12.2 Å². The van der Waals surface area contributed by atoms with Gasteiger partial charge in [0.05, 0.1) is 0 Å². The second kappa shape index (κ2) is 6.51. The van der Waals surface area contributed by atoms with Crippen molar-refractivity contribution in [2.75, 3.05) is 5.75 Å². The summed E-state index contributed by atoms with van der Waals surface area (Å²) < 4.78 is 0. The van der Waals surface area contributed by atoms with Crippen LogP contribution in [0.4, 0.5) is 0 Å². The molecule has 0 heterocycles. The maximum Gasteiger partial charge on any atom is 0.303 e. The number of aryl methyl sites for hydroxylation is 1. The molecule has 0 aromatic heterocycles. The lowest BCUT2D eigenvalue weighted by atomic mass is 10.2. The zero-order valence-electron chi connectivity index (χ0n) is 8.90. The minimum atomic E-state index is -0.703. The zero-order chi connectivity index (χ0) is 11.1. The van der Waals surface area contributed by atoms with Crippen LogP contribution in [0.25, 0.3) is 0 Å². The molecular weight excluding hydrogens is 208 g/mol. The lowest BCUT2D eigenvalue weighted by molar-refractivity contribution is -0.137. The Kier molecular flexibility index (Phi) is 5.26. The SMILES string of the molecule is Cc1cccc(CSCCCC(=O)O)c1. The molecule has 3 heteroatoms. The van der Waals surface area contributed by atoms with Gasteiger partial charge >= 0.3 is 5.97 Å². The quantitative estimate of drug-likeness (QED) is 0.754. The summed E-state index contributed by atoms with van der Waals surface area (Å²) in [6, 6.07) is 8.42. The smallest absolute Gasteiger partial charge is 0.303 e. The number of hydrogen-bond acceptors (Lipinski definition) is 2. The first-order valence-electron chi connectivity index (χ1n) is 5.03. The van der Waals surface area contributed by atoms with E-state index in [1.165, 1.54) is 11.1 Å². The van der Waals surface area contributed by atoms with Crippen LogP contribution in [0.2, 0.25) is 0 Å². The molecular formula is C12H16O2S. The van der Waals surface area contributed by atoms with Crippen LogP contribution in [-0.2, 0) is 10.5 Å². The molecule has 15 heavy (non-hydrogen) atoms. The molecule has 1 rings (SSSR count). The first-order valence-corrected chi connectivity index (χ1v) is 6.19. The van der Waals surface area contributed by atoms with Crippen molar-refractivity contribution < 1.29 is 9.90 Å². The van der Waals surface area contributed by atoms with Crippen LogP contribution in [0.15, 0.2) is 24.3 Å². The Labute approximate surface area is 94.7 Å². The van der Waals surface area contributed by atoms with Crippen LogP contribution in [-0.4, -0.2) is 16.8 Å². The minimum absolute atomic E-state index is 0.279. The van der Waals surface area contributed by atoms with Crippen LogP contribution in [0.3, 0.4) is 0 Å². The average molecular weight is 224 g/mol. The van der Waals surface area contributed by atoms with Crippen molar-refractivity contribution in [2.45, 2.75) is 25.5 Å². The van der Waals surface area contributed by atoms with Gasteiger partial charge in [-0.15, -0.1) is 0 Å². The molecule has 0 atom stereocenters. The fraction of sp³-hybridized carbons (Fsp3) is 0.417. The summed E-state index contributed by atoms with van der Waals surface area (Å²) in [5, 5.41) is 8.46. The van der Waals surface area contributed by atoms with Crippen LogP contribution in [0.1, 0.15) is 24.0 Å². The molecule has 0 saturated heterocycles. The predicted molar refractivity (Wildman–Crippen MR) is 64.2 cm³/mol. The van der Waals surface area contributed by atoms with E-state index in [0.29, 0.717) is 0 Å². The Hall–Kier alpha value is -0.960. The third kappa shape index (κ3) is 5.47. The van der Waals surface area contributed by atoms with Crippen molar-refractivity contribution >= 4 is 17.7 Å². The van der Waals surface area contributed by atoms with Gasteiger partial charge in [-0.2, -0.15) is 11.8 Å². The Bertz CT molecular complexity index is 323. The number of benzene rings is 1. The summed E-state index contributed by atoms with van der Waals surface area (Å²) in [4.78, 5) is 10.3. The van der Waals surface area contributed by atoms with Gasteiger partial charge < -0.3 is 5.11 Å². The van der Waals surface area contributed by atoms with Crippen LogP contribution < -0.4 is 0 Å². The largest absolute Gasteiger partial charge is 0.481 e. The summed E-state index contributed by atoms with van der Waals surface area (Å²) >= 11 is 1.79. The van der Waals surface area contributed by atoms with Gasteiger partial charge in [-0.1, -0.05) is 29.8 Å². The first kappa shape index (κ1) is 12.1. The van der Waals surface area contributed by atoms with E-state index in [0.717, 1.165) is 17.9 Å². The Balaban J connectivity index is 2.17. The second-order valence-electron chi connectivity index (χ2n) is 3.54. The van der Waals surface area contributed by atoms with E-state index in [1.807, 2.05) is 0 Å². The molecule has 82 valence electrons. The van der Waals surface area contributed by atoms with Crippen molar-refractivity contribution in [3.63, 3.8) is 0 Å². The molecule has 0 unspecified atom stereocenters. The maximum atomic E-state index is 10.3. The summed E-state index contributed by atoms with van der Waals surface area (Å²) in [6.45, 7) is 2.08. The lowest BCUT2D eigenvalue weighted by Crippen LogP contribution is -1.95. The van der Waals surface area contributed by atoms with Gasteiger partial charge in [-0.3, -0.25) is 4.79 Å². The van der Waals surface area contributed by atoms with Gasteiger partial charge in [0.25, 0.3) is 0 Å². The van der Waals surface area contributed by atoms with Crippen molar-refractivity contribution in [1.29, 1.82) is 0 Å². The topological polar surface area (TPSA) is 37.3 Å². The van der Waals surface area contributed by atoms with E-state index in [2.05, 4.69) is 31.2 Å². The number of carbonyl (C=O) groups is 1. The predicted octanol–water partition coefficient (Wildman–Crippen LogP) is 3.09. The highest BCUT2D eigenvalue weighted by atomic mass is 32.2. The molecule has 1 aromatic rings. The zero-order valence-corrected chi connectivity index (χ0v) is 9.72. The highest BCUT2D eigenvalue weighted by Crippen LogP contribution is 2.14. The highest BCUT2D eigenvalue weighted by Gasteiger charge is 1.97. The molecule has 0 saturated carbocycles. The van der Waals surface area contributed by atoms with E-state index >= 15 is 0 Å². The van der Waals surface area contributed by atoms with Crippen molar-refractivity contribution in [1.82, 2.24) is 0 Å². The molecule has 0 amide bonds. The molecule has 0 fully saturated rings. The normalized spacial score (nSPS) is 10.2. The average Bonchev–Trinajstić information content (AvgIpc) is 2.17. The van der Waals surface area contributed by atoms with E-state index in [9.17, 15) is 4.79 Å². The molecule has 1 aromatic carbocycles. The number of thioether (sulfide) groups is 1. The molecule has 0 aliphatic rings. The van der Waals surface area contributed by atoms with E-state index < -0.39 is 5.97 Å². The van der Waals surface area contributed by atoms with Crippen molar-refractivity contribution in [3.05, 3.63) is 35.4 Å². The van der Waals surface area contributed by atoms with E-state index in [4.69, 9.17) is 5.11 Å².